The molecule has 1 unspecified atom stereocenters. The van der Waals surface area contributed by atoms with Gasteiger partial charge in [-0.05, 0) is 45.3 Å². The van der Waals surface area contributed by atoms with Gasteiger partial charge in [0.05, 0.1) is 10.6 Å². The first-order valence-electron chi connectivity index (χ1n) is 6.15. The summed E-state index contributed by atoms with van der Waals surface area (Å²) in [4.78, 5) is 0. The van der Waals surface area contributed by atoms with Crippen molar-refractivity contribution in [2.24, 2.45) is 0 Å². The third kappa shape index (κ3) is 2.51. The molecule has 2 aromatic carbocycles. The van der Waals surface area contributed by atoms with Crippen molar-refractivity contribution in [1.29, 1.82) is 0 Å². The molecule has 0 aliphatic carbocycles. The van der Waals surface area contributed by atoms with E-state index in [-0.39, 0.29) is 19.0 Å². The second-order valence-electron chi connectivity index (χ2n) is 4.55. The van der Waals surface area contributed by atoms with Crippen LogP contribution in [0.3, 0.4) is 0 Å². The summed E-state index contributed by atoms with van der Waals surface area (Å²) in [6, 6.07) is 9.92. The van der Waals surface area contributed by atoms with Gasteiger partial charge in [0.2, 0.25) is 6.79 Å². The second-order valence-corrected chi connectivity index (χ2v) is 5.40. The summed E-state index contributed by atoms with van der Waals surface area (Å²) in [5.41, 5.74) is 1.14. The second kappa shape index (κ2) is 5.42. The highest BCUT2D eigenvalue weighted by atomic mass is 79.9. The van der Waals surface area contributed by atoms with E-state index in [0.717, 1.165) is 4.47 Å². The van der Waals surface area contributed by atoms with E-state index in [1.807, 2.05) is 0 Å². The quantitative estimate of drug-likeness (QED) is 0.929. The highest BCUT2D eigenvalue weighted by Gasteiger charge is 2.21. The molecule has 0 amide bonds. The van der Waals surface area contributed by atoms with E-state index in [9.17, 15) is 9.50 Å². The van der Waals surface area contributed by atoms with Gasteiger partial charge in [-0.25, -0.2) is 4.39 Å². The van der Waals surface area contributed by atoms with Gasteiger partial charge in [-0.15, -0.1) is 0 Å². The number of benzene rings is 2. The lowest BCUT2D eigenvalue weighted by Gasteiger charge is -2.13. The van der Waals surface area contributed by atoms with Crippen molar-refractivity contribution in [3.8, 4) is 11.5 Å². The maximum Gasteiger partial charge on any atom is 0.231 e. The van der Waals surface area contributed by atoms with Gasteiger partial charge in [0.15, 0.2) is 11.5 Å². The van der Waals surface area contributed by atoms with Crippen LogP contribution in [0.1, 0.15) is 17.2 Å². The van der Waals surface area contributed by atoms with Crippen molar-refractivity contribution in [1.82, 2.24) is 0 Å². The molecular formula is C15H12BrFO3. The molecule has 2 aromatic rings. The molecule has 0 saturated heterocycles. The highest BCUT2D eigenvalue weighted by Crippen LogP contribution is 2.41. The van der Waals surface area contributed by atoms with E-state index < -0.39 is 6.10 Å². The minimum atomic E-state index is -0.808. The van der Waals surface area contributed by atoms with Crippen molar-refractivity contribution in [2.45, 2.75) is 12.5 Å². The van der Waals surface area contributed by atoms with Crippen molar-refractivity contribution in [3.63, 3.8) is 0 Å². The molecule has 1 atom stereocenters. The Morgan fingerprint density at radius 2 is 2.05 bits per heavy atom. The third-order valence-electron chi connectivity index (χ3n) is 3.21. The van der Waals surface area contributed by atoms with E-state index in [1.54, 1.807) is 30.3 Å². The number of hydrogen-bond donors (Lipinski definition) is 1. The fourth-order valence-corrected chi connectivity index (χ4v) is 2.74. The molecule has 0 radical (unpaired) electrons. The van der Waals surface area contributed by atoms with Gasteiger partial charge in [-0.1, -0.05) is 18.2 Å². The largest absolute Gasteiger partial charge is 0.454 e. The van der Waals surface area contributed by atoms with Gasteiger partial charge >= 0.3 is 0 Å². The lowest BCUT2D eigenvalue weighted by atomic mass is 10.0. The van der Waals surface area contributed by atoms with E-state index >= 15 is 0 Å². The summed E-state index contributed by atoms with van der Waals surface area (Å²) in [7, 11) is 0. The summed E-state index contributed by atoms with van der Waals surface area (Å²) in [5.74, 6) is 0.903. The molecule has 0 aromatic heterocycles. The number of hydrogen-bond acceptors (Lipinski definition) is 3. The Balaban J connectivity index is 1.86. The van der Waals surface area contributed by atoms with Crippen LogP contribution in [0, 0.1) is 5.82 Å². The van der Waals surface area contributed by atoms with Gasteiger partial charge in [0, 0.05) is 6.42 Å². The van der Waals surface area contributed by atoms with Crippen molar-refractivity contribution in [3.05, 3.63) is 57.8 Å². The Hall–Kier alpha value is -1.59. The minimum absolute atomic E-state index is 0.167. The molecule has 1 aliphatic rings. The van der Waals surface area contributed by atoms with Crippen LogP contribution in [0.5, 0.6) is 11.5 Å². The molecular weight excluding hydrogens is 327 g/mol. The molecule has 1 N–H and O–H groups in total. The predicted octanol–water partition coefficient (Wildman–Crippen LogP) is 3.59. The topological polar surface area (TPSA) is 38.7 Å². The molecule has 104 valence electrons. The molecule has 1 heterocycles. The van der Waals surface area contributed by atoms with Crippen LogP contribution in [-0.2, 0) is 6.42 Å². The van der Waals surface area contributed by atoms with Crippen LogP contribution >= 0.6 is 15.9 Å². The molecule has 3 nitrogen and oxygen atoms in total. The SMILES string of the molecule is OC(Cc1ccccc1F)c1cc(Br)c2c(c1)OCO2. The zero-order valence-corrected chi connectivity index (χ0v) is 12.1. The average Bonchev–Trinajstić information content (AvgIpc) is 2.90. The molecule has 0 bridgehead atoms. The van der Waals surface area contributed by atoms with Crippen LogP contribution in [0.15, 0.2) is 40.9 Å². The molecule has 20 heavy (non-hydrogen) atoms. The summed E-state index contributed by atoms with van der Waals surface area (Å²) in [6.07, 6.45) is -0.601. The lowest BCUT2D eigenvalue weighted by Crippen LogP contribution is -2.03. The number of aliphatic hydroxyl groups excluding tert-OH is 1. The maximum absolute atomic E-state index is 13.6. The van der Waals surface area contributed by atoms with E-state index in [1.165, 1.54) is 6.07 Å². The first-order valence-corrected chi connectivity index (χ1v) is 6.95. The zero-order chi connectivity index (χ0) is 14.1. The summed E-state index contributed by atoms with van der Waals surface area (Å²) < 4.78 is 24.9. The van der Waals surface area contributed by atoms with Crippen molar-refractivity contribution < 1.29 is 19.0 Å². The van der Waals surface area contributed by atoms with Crippen molar-refractivity contribution in [2.75, 3.05) is 6.79 Å². The number of fused-ring (bicyclic) bond motifs is 1. The standard InChI is InChI=1S/C15H12BrFO3/c16-11-5-10(7-14-15(11)20-8-19-14)13(18)6-9-3-1-2-4-12(9)17/h1-5,7,13,18H,6,8H2. The molecule has 0 fully saturated rings. The molecule has 0 spiro atoms. The Bertz CT molecular complexity index is 645. The number of rotatable bonds is 3. The van der Waals surface area contributed by atoms with E-state index in [2.05, 4.69) is 15.9 Å². The summed E-state index contributed by atoms with van der Waals surface area (Å²) >= 11 is 3.38. The predicted molar refractivity (Wildman–Crippen MR) is 75.3 cm³/mol. The highest BCUT2D eigenvalue weighted by molar-refractivity contribution is 9.10. The molecule has 5 heteroatoms. The smallest absolute Gasteiger partial charge is 0.231 e. The van der Waals surface area contributed by atoms with Gasteiger partial charge in [0.1, 0.15) is 5.82 Å². The monoisotopic (exact) mass is 338 g/mol. The van der Waals surface area contributed by atoms with Crippen LogP contribution in [-0.4, -0.2) is 11.9 Å². The Kier molecular flexibility index (Phi) is 3.63. The number of ether oxygens (including phenoxy) is 2. The van der Waals surface area contributed by atoms with Crippen LogP contribution < -0.4 is 9.47 Å². The summed E-state index contributed by atoms with van der Waals surface area (Å²) in [5, 5.41) is 10.3. The van der Waals surface area contributed by atoms with Crippen LogP contribution in [0.4, 0.5) is 4.39 Å². The maximum atomic E-state index is 13.6. The fraction of sp³-hybridized carbons (Fsp3) is 0.200. The van der Waals surface area contributed by atoms with Gasteiger partial charge in [0.25, 0.3) is 0 Å². The fourth-order valence-electron chi connectivity index (χ4n) is 2.17. The van der Waals surface area contributed by atoms with Gasteiger partial charge in [-0.3, -0.25) is 0 Å². The zero-order valence-electron chi connectivity index (χ0n) is 10.5. The van der Waals surface area contributed by atoms with Crippen LogP contribution in [0.25, 0.3) is 0 Å². The molecule has 0 saturated carbocycles. The number of aliphatic hydroxyl groups is 1. The number of halogens is 2. The van der Waals surface area contributed by atoms with Gasteiger partial charge < -0.3 is 14.6 Å². The third-order valence-corrected chi connectivity index (χ3v) is 3.79. The van der Waals surface area contributed by atoms with Crippen LogP contribution in [0.2, 0.25) is 0 Å². The summed E-state index contributed by atoms with van der Waals surface area (Å²) in [6.45, 7) is 0.167. The Morgan fingerprint density at radius 1 is 1.25 bits per heavy atom. The normalized spacial score (nSPS) is 14.3. The van der Waals surface area contributed by atoms with Crippen molar-refractivity contribution >= 4 is 15.9 Å². The first kappa shape index (κ1) is 13.4. The van der Waals surface area contributed by atoms with E-state index in [0.29, 0.717) is 22.6 Å². The first-order chi connectivity index (χ1) is 9.65. The Morgan fingerprint density at radius 3 is 2.85 bits per heavy atom. The molecule has 1 aliphatic heterocycles. The van der Waals surface area contributed by atoms with Gasteiger partial charge in [-0.2, -0.15) is 0 Å². The molecule has 3 rings (SSSR count). The lowest BCUT2D eigenvalue weighted by molar-refractivity contribution is 0.171. The minimum Gasteiger partial charge on any atom is -0.454 e. The van der Waals surface area contributed by atoms with E-state index in [4.69, 9.17) is 9.47 Å². The average molecular weight is 339 g/mol. The Labute approximate surface area is 124 Å².